The zero-order valence-corrected chi connectivity index (χ0v) is 10.0. The smallest absolute Gasteiger partial charge is 0.0671 e. The van der Waals surface area contributed by atoms with Gasteiger partial charge in [0, 0.05) is 19.2 Å². The summed E-state index contributed by atoms with van der Waals surface area (Å²) < 4.78 is 5.51. The first-order valence-electron chi connectivity index (χ1n) is 6.00. The molecule has 1 aliphatic carbocycles. The average Bonchev–Trinajstić information content (AvgIpc) is 2.88. The van der Waals surface area contributed by atoms with Crippen LogP contribution in [0.4, 0.5) is 0 Å². The van der Waals surface area contributed by atoms with Gasteiger partial charge in [0.05, 0.1) is 6.10 Å². The van der Waals surface area contributed by atoms with E-state index >= 15 is 0 Å². The highest BCUT2D eigenvalue weighted by Gasteiger charge is 2.32. The largest absolute Gasteiger partial charge is 0.377 e. The van der Waals surface area contributed by atoms with Crippen molar-refractivity contribution < 1.29 is 4.74 Å². The Morgan fingerprint density at radius 2 is 1.93 bits per heavy atom. The molecule has 14 heavy (non-hydrogen) atoms. The molecule has 0 amide bonds. The lowest BCUT2D eigenvalue weighted by Gasteiger charge is -2.24. The van der Waals surface area contributed by atoms with Crippen LogP contribution in [-0.4, -0.2) is 25.3 Å². The minimum Gasteiger partial charge on any atom is -0.377 e. The summed E-state index contributed by atoms with van der Waals surface area (Å²) in [5, 5.41) is 3.64. The maximum absolute atomic E-state index is 5.51. The Morgan fingerprint density at radius 3 is 2.36 bits per heavy atom. The SMILES string of the molecule is CCOC(C)CNC(C(C)C)C1CC1. The molecule has 2 nitrogen and oxygen atoms in total. The van der Waals surface area contributed by atoms with Crippen LogP contribution in [0.3, 0.4) is 0 Å². The van der Waals surface area contributed by atoms with E-state index in [1.165, 1.54) is 12.8 Å². The second kappa shape index (κ2) is 5.72. The second-order valence-electron chi connectivity index (χ2n) is 4.78. The molecule has 2 heteroatoms. The second-order valence-corrected chi connectivity index (χ2v) is 4.78. The van der Waals surface area contributed by atoms with Crippen molar-refractivity contribution >= 4 is 0 Å². The number of ether oxygens (including phenoxy) is 1. The summed E-state index contributed by atoms with van der Waals surface area (Å²) >= 11 is 0. The summed E-state index contributed by atoms with van der Waals surface area (Å²) in [7, 11) is 0. The van der Waals surface area contributed by atoms with Gasteiger partial charge in [-0.2, -0.15) is 0 Å². The Kier molecular flexibility index (Phi) is 4.90. The Bertz CT molecular complexity index is 152. The van der Waals surface area contributed by atoms with Gasteiger partial charge in [0.25, 0.3) is 0 Å². The van der Waals surface area contributed by atoms with Crippen molar-refractivity contribution in [2.75, 3.05) is 13.2 Å². The first-order chi connectivity index (χ1) is 6.65. The van der Waals surface area contributed by atoms with Crippen molar-refractivity contribution in [3.8, 4) is 0 Å². The first kappa shape index (κ1) is 12.0. The Balaban J connectivity index is 2.19. The molecule has 0 heterocycles. The van der Waals surface area contributed by atoms with E-state index in [0.29, 0.717) is 12.1 Å². The molecule has 0 radical (unpaired) electrons. The molecule has 0 spiro atoms. The minimum atomic E-state index is 0.347. The van der Waals surface area contributed by atoms with E-state index in [0.717, 1.165) is 25.0 Å². The van der Waals surface area contributed by atoms with E-state index in [2.05, 4.69) is 33.0 Å². The molecular formula is C12H25NO. The van der Waals surface area contributed by atoms with Gasteiger partial charge in [0.1, 0.15) is 0 Å². The third-order valence-electron chi connectivity index (χ3n) is 2.94. The monoisotopic (exact) mass is 199 g/mol. The van der Waals surface area contributed by atoms with E-state index < -0.39 is 0 Å². The fourth-order valence-electron chi connectivity index (χ4n) is 2.05. The van der Waals surface area contributed by atoms with Gasteiger partial charge < -0.3 is 10.1 Å². The van der Waals surface area contributed by atoms with Gasteiger partial charge in [-0.05, 0) is 38.5 Å². The molecule has 0 aromatic heterocycles. The van der Waals surface area contributed by atoms with Gasteiger partial charge in [0.2, 0.25) is 0 Å². The third kappa shape index (κ3) is 3.97. The summed E-state index contributed by atoms with van der Waals surface area (Å²) in [6, 6.07) is 0.706. The zero-order valence-electron chi connectivity index (χ0n) is 10.0. The summed E-state index contributed by atoms with van der Waals surface area (Å²) in [5.41, 5.74) is 0. The van der Waals surface area contributed by atoms with Crippen molar-refractivity contribution in [1.82, 2.24) is 5.32 Å². The fraction of sp³-hybridized carbons (Fsp3) is 1.00. The summed E-state index contributed by atoms with van der Waals surface area (Å²) in [6.45, 7) is 10.6. The summed E-state index contributed by atoms with van der Waals surface area (Å²) in [4.78, 5) is 0. The highest BCUT2D eigenvalue weighted by atomic mass is 16.5. The van der Waals surface area contributed by atoms with E-state index in [1.807, 2.05) is 0 Å². The molecule has 1 saturated carbocycles. The first-order valence-corrected chi connectivity index (χ1v) is 6.00. The topological polar surface area (TPSA) is 21.3 Å². The van der Waals surface area contributed by atoms with Crippen molar-refractivity contribution in [2.45, 2.75) is 52.7 Å². The molecule has 0 aliphatic heterocycles. The summed E-state index contributed by atoms with van der Waals surface area (Å²) in [6.07, 6.45) is 3.18. The van der Waals surface area contributed by atoms with Gasteiger partial charge >= 0.3 is 0 Å². The number of rotatable bonds is 7. The van der Waals surface area contributed by atoms with E-state index in [9.17, 15) is 0 Å². The number of hydrogen-bond acceptors (Lipinski definition) is 2. The predicted molar refractivity (Wildman–Crippen MR) is 60.4 cm³/mol. The summed E-state index contributed by atoms with van der Waals surface area (Å²) in [5.74, 6) is 1.68. The molecule has 1 aliphatic rings. The average molecular weight is 199 g/mol. The van der Waals surface area contributed by atoms with Crippen molar-refractivity contribution in [1.29, 1.82) is 0 Å². The number of nitrogens with one attached hydrogen (secondary N) is 1. The quantitative estimate of drug-likeness (QED) is 0.680. The predicted octanol–water partition coefficient (Wildman–Crippen LogP) is 2.44. The van der Waals surface area contributed by atoms with Crippen molar-refractivity contribution in [3.05, 3.63) is 0 Å². The molecule has 84 valence electrons. The molecule has 2 atom stereocenters. The zero-order chi connectivity index (χ0) is 10.6. The van der Waals surface area contributed by atoms with Crippen LogP contribution in [0, 0.1) is 11.8 Å². The van der Waals surface area contributed by atoms with Crippen LogP contribution in [0.25, 0.3) is 0 Å². The molecule has 0 saturated heterocycles. The van der Waals surface area contributed by atoms with E-state index in [1.54, 1.807) is 0 Å². The van der Waals surface area contributed by atoms with Crippen LogP contribution in [0.15, 0.2) is 0 Å². The lowest BCUT2D eigenvalue weighted by Crippen LogP contribution is -2.40. The Morgan fingerprint density at radius 1 is 1.29 bits per heavy atom. The molecule has 0 aromatic rings. The highest BCUT2D eigenvalue weighted by Crippen LogP contribution is 2.35. The van der Waals surface area contributed by atoms with Crippen LogP contribution in [0.1, 0.15) is 40.5 Å². The molecule has 2 unspecified atom stereocenters. The lowest BCUT2D eigenvalue weighted by atomic mass is 9.99. The normalized spacial score (nSPS) is 21.2. The lowest BCUT2D eigenvalue weighted by molar-refractivity contribution is 0.0717. The molecular weight excluding hydrogens is 174 g/mol. The van der Waals surface area contributed by atoms with Crippen LogP contribution >= 0.6 is 0 Å². The molecule has 0 bridgehead atoms. The van der Waals surface area contributed by atoms with Crippen LogP contribution in [0.2, 0.25) is 0 Å². The van der Waals surface area contributed by atoms with Gasteiger partial charge in [-0.3, -0.25) is 0 Å². The molecule has 1 rings (SSSR count). The minimum absolute atomic E-state index is 0.347. The Labute approximate surface area is 88.4 Å². The molecule has 1 fully saturated rings. The van der Waals surface area contributed by atoms with Crippen LogP contribution < -0.4 is 5.32 Å². The maximum Gasteiger partial charge on any atom is 0.0671 e. The standard InChI is InChI=1S/C12H25NO/c1-5-14-10(4)8-13-12(9(2)3)11-6-7-11/h9-13H,5-8H2,1-4H3. The van der Waals surface area contributed by atoms with Gasteiger partial charge in [0.15, 0.2) is 0 Å². The van der Waals surface area contributed by atoms with E-state index in [-0.39, 0.29) is 0 Å². The van der Waals surface area contributed by atoms with Gasteiger partial charge in [-0.15, -0.1) is 0 Å². The fourth-order valence-corrected chi connectivity index (χ4v) is 2.05. The molecule has 0 aromatic carbocycles. The van der Waals surface area contributed by atoms with E-state index in [4.69, 9.17) is 4.74 Å². The van der Waals surface area contributed by atoms with Crippen LogP contribution in [-0.2, 0) is 4.74 Å². The van der Waals surface area contributed by atoms with Gasteiger partial charge in [-0.25, -0.2) is 0 Å². The number of hydrogen-bond donors (Lipinski definition) is 1. The third-order valence-corrected chi connectivity index (χ3v) is 2.94. The van der Waals surface area contributed by atoms with Crippen molar-refractivity contribution in [3.63, 3.8) is 0 Å². The highest BCUT2D eigenvalue weighted by molar-refractivity contribution is 4.88. The maximum atomic E-state index is 5.51. The van der Waals surface area contributed by atoms with Crippen LogP contribution in [0.5, 0.6) is 0 Å². The van der Waals surface area contributed by atoms with Gasteiger partial charge in [-0.1, -0.05) is 13.8 Å². The Hall–Kier alpha value is -0.0800. The molecule has 1 N–H and O–H groups in total. The van der Waals surface area contributed by atoms with Crippen molar-refractivity contribution in [2.24, 2.45) is 11.8 Å².